The lowest BCUT2D eigenvalue weighted by Gasteiger charge is -2.20. The Hall–Kier alpha value is -1.73. The molecule has 1 aliphatic carbocycles. The predicted octanol–water partition coefficient (Wildman–Crippen LogP) is 1.70. The number of ether oxygens (including phenoxy) is 1. The fourth-order valence-electron chi connectivity index (χ4n) is 2.87. The van der Waals surface area contributed by atoms with E-state index in [0.29, 0.717) is 5.57 Å². The van der Waals surface area contributed by atoms with Gasteiger partial charge in [-0.25, -0.2) is 8.42 Å². The van der Waals surface area contributed by atoms with Crippen LogP contribution < -0.4 is 0 Å². The third kappa shape index (κ3) is 2.84. The summed E-state index contributed by atoms with van der Waals surface area (Å²) in [5.41, 5.74) is 0.377. The second-order valence-corrected chi connectivity index (χ2v) is 7.18. The lowest BCUT2D eigenvalue weighted by atomic mass is 10.1. The van der Waals surface area contributed by atoms with Gasteiger partial charge in [0.1, 0.15) is 0 Å². The normalized spacial score (nSPS) is 26.0. The van der Waals surface area contributed by atoms with E-state index in [1.54, 1.807) is 18.2 Å². The Bertz CT molecular complexity index is 641. The van der Waals surface area contributed by atoms with Crippen molar-refractivity contribution in [3.63, 3.8) is 0 Å². The predicted molar refractivity (Wildman–Crippen MR) is 77.3 cm³/mol. The first-order valence-corrected chi connectivity index (χ1v) is 8.03. The van der Waals surface area contributed by atoms with E-state index in [0.717, 1.165) is 0 Å². The van der Waals surface area contributed by atoms with Gasteiger partial charge in [0.05, 0.1) is 22.7 Å². The molecule has 1 aliphatic rings. The Labute approximate surface area is 123 Å². The molecule has 0 saturated heterocycles. The minimum absolute atomic E-state index is 0.0153. The quantitative estimate of drug-likeness (QED) is 0.469. The van der Waals surface area contributed by atoms with Crippen LogP contribution in [0.15, 0.2) is 47.4 Å². The summed E-state index contributed by atoms with van der Waals surface area (Å²) in [6, 6.07) is 6.98. The Balaban J connectivity index is 2.45. The zero-order valence-corrected chi connectivity index (χ0v) is 12.5. The van der Waals surface area contributed by atoms with E-state index in [1.807, 2.05) is 0 Å². The van der Waals surface area contributed by atoms with Crippen molar-refractivity contribution < 1.29 is 18.1 Å². The Morgan fingerprint density at radius 2 is 2.00 bits per heavy atom. The molecule has 1 aromatic carbocycles. The van der Waals surface area contributed by atoms with E-state index in [1.165, 1.54) is 19.2 Å². The molecule has 0 aromatic heterocycles. The average Bonchev–Trinajstić information content (AvgIpc) is 2.78. The molecule has 0 heterocycles. The van der Waals surface area contributed by atoms with Crippen molar-refractivity contribution in [2.75, 3.05) is 13.7 Å². The van der Waals surface area contributed by atoms with E-state index in [2.05, 4.69) is 6.58 Å². The molecule has 1 fully saturated rings. The Morgan fingerprint density at radius 1 is 1.38 bits per heavy atom. The number of benzene rings is 1. The van der Waals surface area contributed by atoms with Crippen molar-refractivity contribution >= 4 is 9.84 Å². The zero-order chi connectivity index (χ0) is 15.6. The van der Waals surface area contributed by atoms with E-state index >= 15 is 0 Å². The van der Waals surface area contributed by atoms with Crippen molar-refractivity contribution in [3.05, 3.63) is 52.6 Å². The molecular formula is C14H17NO5S. The molecule has 0 unspecified atom stereocenters. The van der Waals surface area contributed by atoms with Crippen LogP contribution in [0, 0.1) is 16.0 Å². The Morgan fingerprint density at radius 3 is 2.52 bits per heavy atom. The highest BCUT2D eigenvalue weighted by Gasteiger charge is 2.52. The lowest BCUT2D eigenvalue weighted by molar-refractivity contribution is -0.528. The van der Waals surface area contributed by atoms with Crippen LogP contribution in [-0.4, -0.2) is 38.3 Å². The van der Waals surface area contributed by atoms with Crippen molar-refractivity contribution in [3.8, 4) is 0 Å². The summed E-state index contributed by atoms with van der Waals surface area (Å²) in [7, 11) is -2.30. The fourth-order valence-corrected chi connectivity index (χ4v) is 4.95. The minimum Gasteiger partial charge on any atom is -0.384 e. The minimum atomic E-state index is -3.71. The third-order valence-corrected chi connectivity index (χ3v) is 6.07. The first-order chi connectivity index (χ1) is 9.89. The maximum absolute atomic E-state index is 12.8. The summed E-state index contributed by atoms with van der Waals surface area (Å²) in [5, 5.41) is 10.2. The molecule has 0 N–H and O–H groups in total. The van der Waals surface area contributed by atoms with Crippen LogP contribution in [0.4, 0.5) is 0 Å². The van der Waals surface area contributed by atoms with Crippen LogP contribution in [0.25, 0.3) is 0 Å². The maximum Gasteiger partial charge on any atom is 0.223 e. The van der Waals surface area contributed by atoms with Gasteiger partial charge in [-0.3, -0.25) is 10.1 Å². The number of sulfone groups is 1. The summed E-state index contributed by atoms with van der Waals surface area (Å²) in [6.07, 6.45) is 0.0672. The van der Waals surface area contributed by atoms with E-state index < -0.39 is 32.0 Å². The van der Waals surface area contributed by atoms with Gasteiger partial charge in [0.2, 0.25) is 6.04 Å². The van der Waals surface area contributed by atoms with E-state index in [4.69, 9.17) is 4.74 Å². The summed E-state index contributed by atoms with van der Waals surface area (Å²) in [6.45, 7) is 3.77. The summed E-state index contributed by atoms with van der Waals surface area (Å²) in [5.74, 6) is -0.720. The number of rotatable bonds is 5. The molecule has 0 radical (unpaired) electrons. The molecule has 0 spiro atoms. The summed E-state index contributed by atoms with van der Waals surface area (Å²) in [4.78, 5) is 10.9. The standard InChI is InChI=1S/C14H17NO5S/c1-10-8-13(15(16)17)12(9-20-2)14(10)21(18,19)11-6-4-3-5-7-11/h3-7,12-14H,1,8-9H2,2H3/t12-,13-,14-/m1/s1. The largest absolute Gasteiger partial charge is 0.384 e. The van der Waals surface area contributed by atoms with Gasteiger partial charge in [-0.05, 0) is 12.1 Å². The first-order valence-electron chi connectivity index (χ1n) is 6.48. The smallest absolute Gasteiger partial charge is 0.223 e. The number of hydrogen-bond donors (Lipinski definition) is 0. The van der Waals surface area contributed by atoms with Crippen molar-refractivity contribution in [2.24, 2.45) is 5.92 Å². The van der Waals surface area contributed by atoms with Gasteiger partial charge in [0.15, 0.2) is 9.84 Å². The Kier molecular flexibility index (Phi) is 4.43. The molecule has 6 nitrogen and oxygen atoms in total. The van der Waals surface area contributed by atoms with Crippen LogP contribution in [0.1, 0.15) is 6.42 Å². The number of methoxy groups -OCH3 is 1. The molecule has 1 saturated carbocycles. The van der Waals surface area contributed by atoms with Crippen LogP contribution >= 0.6 is 0 Å². The van der Waals surface area contributed by atoms with Crippen molar-refractivity contribution in [1.82, 2.24) is 0 Å². The molecule has 0 bridgehead atoms. The number of nitro groups is 1. The highest BCUT2D eigenvalue weighted by Crippen LogP contribution is 2.39. The molecule has 0 aliphatic heterocycles. The van der Waals surface area contributed by atoms with Gasteiger partial charge in [-0.2, -0.15) is 0 Å². The maximum atomic E-state index is 12.8. The van der Waals surface area contributed by atoms with Crippen LogP contribution in [-0.2, 0) is 14.6 Å². The van der Waals surface area contributed by atoms with Gasteiger partial charge in [0, 0.05) is 18.5 Å². The van der Waals surface area contributed by atoms with Gasteiger partial charge in [-0.15, -0.1) is 0 Å². The molecular weight excluding hydrogens is 294 g/mol. The SMILES string of the molecule is C=C1C[C@@H]([N+](=O)[O-])[C@@H](COC)[C@@H]1S(=O)(=O)c1ccccc1. The lowest BCUT2D eigenvalue weighted by Crippen LogP contribution is -2.37. The second kappa shape index (κ2) is 5.95. The van der Waals surface area contributed by atoms with Gasteiger partial charge in [0.25, 0.3) is 0 Å². The van der Waals surface area contributed by atoms with Crippen LogP contribution in [0.5, 0.6) is 0 Å². The summed E-state index contributed by atoms with van der Waals surface area (Å²) < 4.78 is 30.5. The van der Waals surface area contributed by atoms with Crippen LogP contribution in [0.2, 0.25) is 0 Å². The second-order valence-electron chi connectivity index (χ2n) is 5.11. The van der Waals surface area contributed by atoms with Crippen molar-refractivity contribution in [1.29, 1.82) is 0 Å². The molecule has 21 heavy (non-hydrogen) atoms. The molecule has 114 valence electrons. The topological polar surface area (TPSA) is 86.5 Å². The highest BCUT2D eigenvalue weighted by atomic mass is 32.2. The summed E-state index contributed by atoms with van der Waals surface area (Å²) >= 11 is 0. The van der Waals surface area contributed by atoms with E-state index in [-0.39, 0.29) is 17.9 Å². The third-order valence-electron chi connectivity index (χ3n) is 3.79. The average molecular weight is 311 g/mol. The fraction of sp³-hybridized carbons (Fsp3) is 0.429. The van der Waals surface area contributed by atoms with Gasteiger partial charge >= 0.3 is 0 Å². The van der Waals surface area contributed by atoms with Crippen LogP contribution in [0.3, 0.4) is 0 Å². The monoisotopic (exact) mass is 311 g/mol. The first kappa shape index (κ1) is 15.7. The molecule has 3 atom stereocenters. The highest BCUT2D eigenvalue weighted by molar-refractivity contribution is 7.92. The number of hydrogen-bond acceptors (Lipinski definition) is 5. The molecule has 1 aromatic rings. The van der Waals surface area contributed by atoms with E-state index in [9.17, 15) is 18.5 Å². The van der Waals surface area contributed by atoms with Gasteiger partial charge in [-0.1, -0.05) is 30.4 Å². The molecule has 2 rings (SSSR count). The zero-order valence-electron chi connectivity index (χ0n) is 11.6. The van der Waals surface area contributed by atoms with Crippen molar-refractivity contribution in [2.45, 2.75) is 22.6 Å². The van der Waals surface area contributed by atoms with Gasteiger partial charge < -0.3 is 4.74 Å². The molecule has 7 heteroatoms. The molecule has 0 amide bonds. The number of nitrogens with zero attached hydrogens (tertiary/aromatic N) is 1.